The molecule has 0 aliphatic heterocycles. The van der Waals surface area contributed by atoms with E-state index in [-0.39, 0.29) is 5.69 Å². The quantitative estimate of drug-likeness (QED) is 0.549. The van der Waals surface area contributed by atoms with E-state index < -0.39 is 0 Å². The third kappa shape index (κ3) is 0.986. The Kier molecular flexibility index (Phi) is 1.44. The fourth-order valence-electron chi connectivity index (χ4n) is 0.819. The number of hydrogen-bond acceptors (Lipinski definition) is 4. The van der Waals surface area contributed by atoms with Gasteiger partial charge in [-0.2, -0.15) is 9.47 Å². The van der Waals surface area contributed by atoms with E-state index in [0.717, 1.165) is 0 Å². The maximum atomic E-state index is 11.1. The van der Waals surface area contributed by atoms with E-state index in [1.54, 1.807) is 12.3 Å². The van der Waals surface area contributed by atoms with Crippen molar-refractivity contribution in [3.63, 3.8) is 0 Å². The Morgan fingerprint density at radius 3 is 3.00 bits per heavy atom. The number of hydrogen-bond donors (Lipinski definition) is 0. The van der Waals surface area contributed by atoms with Gasteiger partial charge < -0.3 is 0 Å². The van der Waals surface area contributed by atoms with Gasteiger partial charge in [-0.1, -0.05) is 0 Å². The van der Waals surface area contributed by atoms with E-state index in [2.05, 4.69) is 15.1 Å². The Morgan fingerprint density at radius 2 is 2.33 bits per heavy atom. The summed E-state index contributed by atoms with van der Waals surface area (Å²) in [6.07, 6.45) is 5.75. The van der Waals surface area contributed by atoms with Crippen LogP contribution in [0.15, 0.2) is 35.9 Å². The van der Waals surface area contributed by atoms with Crippen molar-refractivity contribution >= 4 is 0 Å². The van der Waals surface area contributed by atoms with Crippen molar-refractivity contribution in [1.29, 1.82) is 0 Å². The van der Waals surface area contributed by atoms with Crippen molar-refractivity contribution in [3.8, 4) is 0 Å². The minimum Gasteiger partial charge on any atom is -0.244 e. The predicted octanol–water partition coefficient (Wildman–Crippen LogP) is -0.854. The molecule has 6 heteroatoms. The normalized spacial score (nSPS) is 10.0. The zero-order chi connectivity index (χ0) is 8.39. The standard InChI is InChI=1S/C6H5N5O/c12-6-8-2-1-3-10(6)11-5-7-4-9-11/h1-5H. The summed E-state index contributed by atoms with van der Waals surface area (Å²) < 4.78 is 1.24. The lowest BCUT2D eigenvalue weighted by molar-refractivity contribution is 0.537. The lowest BCUT2D eigenvalue weighted by Gasteiger charge is -1.99. The van der Waals surface area contributed by atoms with Crippen LogP contribution in [0.1, 0.15) is 0 Å². The number of rotatable bonds is 1. The average Bonchev–Trinajstić information content (AvgIpc) is 2.57. The van der Waals surface area contributed by atoms with E-state index in [9.17, 15) is 4.79 Å². The molecule has 2 aromatic heterocycles. The van der Waals surface area contributed by atoms with Crippen LogP contribution >= 0.6 is 0 Å². The first-order chi connectivity index (χ1) is 5.88. The van der Waals surface area contributed by atoms with Crippen molar-refractivity contribution in [2.45, 2.75) is 0 Å². The molecule has 0 bridgehead atoms. The highest BCUT2D eigenvalue weighted by Crippen LogP contribution is 1.79. The molecular weight excluding hydrogens is 158 g/mol. The SMILES string of the molecule is O=c1ncccn1-n1cncn1. The van der Waals surface area contributed by atoms with E-state index >= 15 is 0 Å². The van der Waals surface area contributed by atoms with Gasteiger partial charge in [0.2, 0.25) is 0 Å². The molecule has 0 saturated carbocycles. The Hall–Kier alpha value is -1.98. The molecule has 0 unspecified atom stereocenters. The van der Waals surface area contributed by atoms with Gasteiger partial charge in [0.25, 0.3) is 0 Å². The molecule has 0 saturated heterocycles. The Labute approximate surface area is 67.1 Å². The first kappa shape index (κ1) is 6.71. The first-order valence-corrected chi connectivity index (χ1v) is 3.27. The summed E-state index contributed by atoms with van der Waals surface area (Å²) in [5, 5.41) is 3.78. The molecule has 2 heterocycles. The summed E-state index contributed by atoms with van der Waals surface area (Å²) in [5.74, 6) is 0. The number of aromatic nitrogens is 5. The minimum absolute atomic E-state index is 0.386. The second-order valence-electron chi connectivity index (χ2n) is 2.06. The lowest BCUT2D eigenvalue weighted by atomic mass is 10.7. The van der Waals surface area contributed by atoms with Crippen molar-refractivity contribution in [3.05, 3.63) is 41.6 Å². The second kappa shape index (κ2) is 2.57. The molecule has 0 aromatic carbocycles. The summed E-state index contributed by atoms with van der Waals surface area (Å²) >= 11 is 0. The Bertz CT molecular complexity index is 418. The van der Waals surface area contributed by atoms with Gasteiger partial charge in [-0.3, -0.25) is 0 Å². The van der Waals surface area contributed by atoms with E-state index in [1.807, 2.05) is 0 Å². The van der Waals surface area contributed by atoms with Crippen LogP contribution in [0.2, 0.25) is 0 Å². The number of nitrogens with zero attached hydrogens (tertiary/aromatic N) is 5. The summed E-state index contributed by atoms with van der Waals surface area (Å²) in [6.45, 7) is 0. The monoisotopic (exact) mass is 163 g/mol. The predicted molar refractivity (Wildman–Crippen MR) is 39.3 cm³/mol. The molecule has 2 aromatic rings. The van der Waals surface area contributed by atoms with E-state index in [0.29, 0.717) is 0 Å². The van der Waals surface area contributed by atoms with Gasteiger partial charge in [-0.05, 0) is 6.07 Å². The third-order valence-electron chi connectivity index (χ3n) is 1.32. The van der Waals surface area contributed by atoms with Gasteiger partial charge in [0.1, 0.15) is 12.7 Å². The molecule has 60 valence electrons. The molecular formula is C6H5N5O. The molecule has 2 rings (SSSR count). The van der Waals surface area contributed by atoms with Gasteiger partial charge in [0.05, 0.1) is 0 Å². The van der Waals surface area contributed by atoms with Gasteiger partial charge >= 0.3 is 5.69 Å². The van der Waals surface area contributed by atoms with Crippen LogP contribution in [0.4, 0.5) is 0 Å². The molecule has 0 amide bonds. The molecule has 6 nitrogen and oxygen atoms in total. The topological polar surface area (TPSA) is 65.6 Å². The van der Waals surface area contributed by atoms with Crippen LogP contribution < -0.4 is 5.69 Å². The highest BCUT2D eigenvalue weighted by Gasteiger charge is 1.95. The van der Waals surface area contributed by atoms with Crippen LogP contribution in [0.5, 0.6) is 0 Å². The molecule has 0 radical (unpaired) electrons. The van der Waals surface area contributed by atoms with Gasteiger partial charge in [0.15, 0.2) is 0 Å². The summed E-state index contributed by atoms with van der Waals surface area (Å²) in [5.41, 5.74) is -0.386. The van der Waals surface area contributed by atoms with Gasteiger partial charge in [-0.15, -0.1) is 5.10 Å². The maximum absolute atomic E-state index is 11.1. The second-order valence-corrected chi connectivity index (χ2v) is 2.06. The molecule has 0 aliphatic rings. The van der Waals surface area contributed by atoms with Crippen LogP contribution in [-0.4, -0.2) is 24.5 Å². The zero-order valence-corrected chi connectivity index (χ0v) is 6.03. The van der Waals surface area contributed by atoms with Crippen molar-refractivity contribution < 1.29 is 0 Å². The van der Waals surface area contributed by atoms with Crippen LogP contribution in [0.3, 0.4) is 0 Å². The zero-order valence-electron chi connectivity index (χ0n) is 6.03. The largest absolute Gasteiger partial charge is 0.368 e. The minimum atomic E-state index is -0.386. The highest BCUT2D eigenvalue weighted by atomic mass is 16.2. The van der Waals surface area contributed by atoms with Crippen LogP contribution in [-0.2, 0) is 0 Å². The molecule has 0 aliphatic carbocycles. The molecule has 0 atom stereocenters. The Morgan fingerprint density at radius 1 is 1.42 bits per heavy atom. The molecule has 0 N–H and O–H groups in total. The fraction of sp³-hybridized carbons (Fsp3) is 0. The molecule has 0 fully saturated rings. The lowest BCUT2D eigenvalue weighted by Crippen LogP contribution is -2.27. The first-order valence-electron chi connectivity index (χ1n) is 3.27. The maximum Gasteiger partial charge on any atom is 0.368 e. The van der Waals surface area contributed by atoms with Crippen molar-refractivity contribution in [2.75, 3.05) is 0 Å². The smallest absolute Gasteiger partial charge is 0.244 e. The van der Waals surface area contributed by atoms with Crippen LogP contribution in [0, 0.1) is 0 Å². The summed E-state index contributed by atoms with van der Waals surface area (Å²) in [6, 6.07) is 1.64. The van der Waals surface area contributed by atoms with E-state index in [1.165, 1.54) is 28.3 Å². The summed E-state index contributed by atoms with van der Waals surface area (Å²) in [4.78, 5) is 19.6. The van der Waals surface area contributed by atoms with Crippen LogP contribution in [0.25, 0.3) is 0 Å². The average molecular weight is 163 g/mol. The summed E-state index contributed by atoms with van der Waals surface area (Å²) in [7, 11) is 0. The van der Waals surface area contributed by atoms with Gasteiger partial charge in [-0.25, -0.2) is 14.8 Å². The highest BCUT2D eigenvalue weighted by molar-refractivity contribution is 4.81. The van der Waals surface area contributed by atoms with Crippen molar-refractivity contribution in [1.82, 2.24) is 24.5 Å². The third-order valence-corrected chi connectivity index (χ3v) is 1.32. The fourth-order valence-corrected chi connectivity index (χ4v) is 0.819. The molecule has 12 heavy (non-hydrogen) atoms. The molecule has 0 spiro atoms. The van der Waals surface area contributed by atoms with E-state index in [4.69, 9.17) is 0 Å². The Balaban J connectivity index is 2.63. The van der Waals surface area contributed by atoms with Gasteiger partial charge in [0, 0.05) is 12.4 Å². The van der Waals surface area contributed by atoms with Crippen molar-refractivity contribution in [2.24, 2.45) is 0 Å².